The van der Waals surface area contributed by atoms with Gasteiger partial charge in [-0.05, 0) is 54.7 Å². The van der Waals surface area contributed by atoms with E-state index >= 15 is 0 Å². The van der Waals surface area contributed by atoms with Crippen LogP contribution in [-0.2, 0) is 6.42 Å². The lowest BCUT2D eigenvalue weighted by atomic mass is 9.87. The van der Waals surface area contributed by atoms with Gasteiger partial charge >= 0.3 is 0 Å². The van der Waals surface area contributed by atoms with Crippen molar-refractivity contribution in [2.45, 2.75) is 25.3 Å². The van der Waals surface area contributed by atoms with Crippen molar-refractivity contribution in [1.82, 2.24) is 4.98 Å². The van der Waals surface area contributed by atoms with Crippen molar-refractivity contribution in [2.75, 3.05) is 11.1 Å². The monoisotopic (exact) mass is 264 g/mol. The summed E-state index contributed by atoms with van der Waals surface area (Å²) in [4.78, 5) is 4.09. The molecule has 100 valence electrons. The number of benzene rings is 1. The molecule has 0 saturated heterocycles. The molecule has 0 saturated carbocycles. The number of aromatic nitrogens is 1. The fourth-order valence-electron chi connectivity index (χ4n) is 2.73. The van der Waals surface area contributed by atoms with E-state index in [1.165, 1.54) is 11.1 Å². The average molecular weight is 264 g/mol. The largest absolute Gasteiger partial charge is 0.399 e. The predicted octanol–water partition coefficient (Wildman–Crippen LogP) is 3.02. The first-order chi connectivity index (χ1) is 9.76. The maximum absolute atomic E-state index is 8.76. The Morgan fingerprint density at radius 1 is 1.30 bits per heavy atom. The molecule has 0 bridgehead atoms. The smallest absolute Gasteiger partial charge is 0.140 e. The number of anilines is 2. The van der Waals surface area contributed by atoms with Crippen LogP contribution in [0.3, 0.4) is 0 Å². The topological polar surface area (TPSA) is 74.7 Å². The summed E-state index contributed by atoms with van der Waals surface area (Å²) in [7, 11) is 0. The zero-order valence-corrected chi connectivity index (χ0v) is 11.1. The van der Waals surface area contributed by atoms with Crippen LogP contribution in [0.4, 0.5) is 11.4 Å². The Morgan fingerprint density at radius 2 is 2.20 bits per heavy atom. The molecule has 1 aromatic carbocycles. The lowest BCUT2D eigenvalue weighted by Crippen LogP contribution is -2.17. The van der Waals surface area contributed by atoms with E-state index in [9.17, 15) is 0 Å². The molecular formula is C16H16N4. The van der Waals surface area contributed by atoms with Crippen molar-refractivity contribution < 1.29 is 0 Å². The Balaban J connectivity index is 1.84. The number of fused-ring (bicyclic) bond motifs is 1. The molecule has 0 amide bonds. The number of nitrogens with one attached hydrogen (secondary N) is 1. The maximum Gasteiger partial charge on any atom is 0.140 e. The van der Waals surface area contributed by atoms with E-state index in [1.807, 2.05) is 18.2 Å². The molecule has 1 unspecified atom stereocenters. The Hall–Kier alpha value is -2.54. The van der Waals surface area contributed by atoms with E-state index < -0.39 is 0 Å². The highest BCUT2D eigenvalue weighted by atomic mass is 14.9. The van der Waals surface area contributed by atoms with Crippen molar-refractivity contribution in [3.05, 3.63) is 53.3 Å². The Bertz CT molecular complexity index is 655. The summed E-state index contributed by atoms with van der Waals surface area (Å²) < 4.78 is 0. The van der Waals surface area contributed by atoms with Gasteiger partial charge in [0, 0.05) is 5.69 Å². The molecule has 1 aliphatic carbocycles. The standard InChI is InChI=1S/C16H16N4/c17-9-13-5-6-14(10-19-13)20-16-3-1-2-11-8-12(18)4-7-15(11)16/h4-8,10,16,20H,1-3,18H2. The van der Waals surface area contributed by atoms with E-state index in [4.69, 9.17) is 11.0 Å². The second kappa shape index (κ2) is 5.22. The molecular weight excluding hydrogens is 248 g/mol. The number of hydrogen-bond acceptors (Lipinski definition) is 4. The first kappa shape index (κ1) is 12.5. The minimum atomic E-state index is 0.286. The van der Waals surface area contributed by atoms with Crippen LogP contribution in [0.1, 0.15) is 35.7 Å². The molecule has 2 aromatic rings. The van der Waals surface area contributed by atoms with Crippen LogP contribution in [0.15, 0.2) is 36.5 Å². The van der Waals surface area contributed by atoms with Gasteiger partial charge in [-0.15, -0.1) is 0 Å². The molecule has 1 aliphatic rings. The highest BCUT2D eigenvalue weighted by Gasteiger charge is 2.20. The second-order valence-corrected chi connectivity index (χ2v) is 5.09. The van der Waals surface area contributed by atoms with Gasteiger partial charge in [-0.3, -0.25) is 0 Å². The van der Waals surface area contributed by atoms with E-state index in [2.05, 4.69) is 22.4 Å². The normalized spacial score (nSPS) is 17.1. The SMILES string of the molecule is N#Cc1ccc(NC2CCCc3cc(N)ccc32)cn1. The molecule has 1 aromatic heterocycles. The van der Waals surface area contributed by atoms with Crippen molar-refractivity contribution in [3.8, 4) is 6.07 Å². The number of pyridine rings is 1. The zero-order valence-electron chi connectivity index (χ0n) is 11.1. The van der Waals surface area contributed by atoms with Gasteiger partial charge in [-0.2, -0.15) is 5.26 Å². The number of nitrogens with two attached hydrogens (primary N) is 1. The number of nitrogens with zero attached hydrogens (tertiary/aromatic N) is 2. The third-order valence-corrected chi connectivity index (χ3v) is 3.70. The van der Waals surface area contributed by atoms with Gasteiger partial charge in [0.25, 0.3) is 0 Å². The number of nitrogen functional groups attached to an aromatic ring is 1. The van der Waals surface area contributed by atoms with Gasteiger partial charge in [-0.25, -0.2) is 4.98 Å². The van der Waals surface area contributed by atoms with Gasteiger partial charge < -0.3 is 11.1 Å². The van der Waals surface area contributed by atoms with Crippen molar-refractivity contribution >= 4 is 11.4 Å². The van der Waals surface area contributed by atoms with E-state index in [0.717, 1.165) is 30.6 Å². The third-order valence-electron chi connectivity index (χ3n) is 3.70. The summed E-state index contributed by atoms with van der Waals surface area (Å²) in [6.07, 6.45) is 5.04. The molecule has 4 heteroatoms. The maximum atomic E-state index is 8.76. The van der Waals surface area contributed by atoms with Gasteiger partial charge in [0.05, 0.1) is 17.9 Å². The van der Waals surface area contributed by atoms with Crippen LogP contribution < -0.4 is 11.1 Å². The van der Waals surface area contributed by atoms with Crippen molar-refractivity contribution in [3.63, 3.8) is 0 Å². The van der Waals surface area contributed by atoms with Crippen LogP contribution in [-0.4, -0.2) is 4.98 Å². The number of rotatable bonds is 2. The fourth-order valence-corrected chi connectivity index (χ4v) is 2.73. The highest BCUT2D eigenvalue weighted by Crippen LogP contribution is 2.33. The van der Waals surface area contributed by atoms with Gasteiger partial charge in [0.1, 0.15) is 11.8 Å². The van der Waals surface area contributed by atoms with Crippen molar-refractivity contribution in [1.29, 1.82) is 5.26 Å². The van der Waals surface area contributed by atoms with Crippen LogP contribution >= 0.6 is 0 Å². The Morgan fingerprint density at radius 3 is 2.95 bits per heavy atom. The van der Waals surface area contributed by atoms with Crippen molar-refractivity contribution in [2.24, 2.45) is 0 Å². The van der Waals surface area contributed by atoms with Gasteiger partial charge in [0.2, 0.25) is 0 Å². The molecule has 3 N–H and O–H groups in total. The minimum Gasteiger partial charge on any atom is -0.399 e. The summed E-state index contributed by atoms with van der Waals surface area (Å²) in [5.74, 6) is 0. The summed E-state index contributed by atoms with van der Waals surface area (Å²) in [6, 6.07) is 12.1. The first-order valence-corrected chi connectivity index (χ1v) is 6.77. The summed E-state index contributed by atoms with van der Waals surface area (Å²) >= 11 is 0. The average Bonchev–Trinajstić information content (AvgIpc) is 2.48. The molecule has 1 heterocycles. The number of nitriles is 1. The quantitative estimate of drug-likeness (QED) is 0.817. The fraction of sp³-hybridized carbons (Fsp3) is 0.250. The van der Waals surface area contributed by atoms with Crippen LogP contribution in [0, 0.1) is 11.3 Å². The van der Waals surface area contributed by atoms with Crippen LogP contribution in [0.25, 0.3) is 0 Å². The molecule has 3 rings (SSSR count). The lowest BCUT2D eigenvalue weighted by molar-refractivity contribution is 0.600. The number of hydrogen-bond donors (Lipinski definition) is 2. The molecule has 0 radical (unpaired) electrons. The van der Waals surface area contributed by atoms with Gasteiger partial charge in [-0.1, -0.05) is 6.07 Å². The summed E-state index contributed by atoms with van der Waals surface area (Å²) in [5, 5.41) is 12.3. The van der Waals surface area contributed by atoms with E-state index in [-0.39, 0.29) is 6.04 Å². The summed E-state index contributed by atoms with van der Waals surface area (Å²) in [6.45, 7) is 0. The lowest BCUT2D eigenvalue weighted by Gasteiger charge is -2.27. The van der Waals surface area contributed by atoms with E-state index in [1.54, 1.807) is 12.3 Å². The zero-order chi connectivity index (χ0) is 13.9. The molecule has 1 atom stereocenters. The minimum absolute atomic E-state index is 0.286. The first-order valence-electron chi connectivity index (χ1n) is 6.77. The number of aryl methyl sites for hydroxylation is 1. The Kier molecular flexibility index (Phi) is 3.26. The highest BCUT2D eigenvalue weighted by molar-refractivity contribution is 5.51. The van der Waals surface area contributed by atoms with E-state index in [0.29, 0.717) is 5.69 Å². The molecule has 20 heavy (non-hydrogen) atoms. The second-order valence-electron chi connectivity index (χ2n) is 5.09. The molecule has 0 aliphatic heterocycles. The Labute approximate surface area is 118 Å². The summed E-state index contributed by atoms with van der Waals surface area (Å²) in [5.41, 5.74) is 10.7. The van der Waals surface area contributed by atoms with Crippen LogP contribution in [0.2, 0.25) is 0 Å². The molecule has 4 nitrogen and oxygen atoms in total. The van der Waals surface area contributed by atoms with Crippen LogP contribution in [0.5, 0.6) is 0 Å². The molecule has 0 fully saturated rings. The predicted molar refractivity (Wildman–Crippen MR) is 79.1 cm³/mol. The molecule has 0 spiro atoms. The third kappa shape index (κ3) is 2.43. The van der Waals surface area contributed by atoms with Gasteiger partial charge in [0.15, 0.2) is 0 Å².